The molecule has 0 aromatic carbocycles. The fraction of sp³-hybridized carbons (Fsp3) is 0.600. The number of thiophene rings is 1. The van der Waals surface area contributed by atoms with Crippen molar-refractivity contribution in [3.63, 3.8) is 0 Å². The van der Waals surface area contributed by atoms with Crippen LogP contribution >= 0.6 is 23.1 Å². The molecular weight excluding hydrogens is 318 g/mol. The van der Waals surface area contributed by atoms with Crippen LogP contribution in [0.1, 0.15) is 17.7 Å². The molecule has 120 valence electrons. The van der Waals surface area contributed by atoms with E-state index in [1.165, 1.54) is 0 Å². The van der Waals surface area contributed by atoms with Gasteiger partial charge in [-0.05, 0) is 24.3 Å². The maximum atomic E-state index is 12.2. The van der Waals surface area contributed by atoms with Crippen LogP contribution in [-0.4, -0.2) is 53.5 Å². The molecule has 2 amide bonds. The van der Waals surface area contributed by atoms with E-state index < -0.39 is 0 Å². The van der Waals surface area contributed by atoms with Crippen LogP contribution in [0.25, 0.3) is 0 Å². The van der Waals surface area contributed by atoms with E-state index in [2.05, 4.69) is 10.6 Å². The lowest BCUT2D eigenvalue weighted by Gasteiger charge is -2.32. The quantitative estimate of drug-likeness (QED) is 0.861. The van der Waals surface area contributed by atoms with Crippen LogP contribution in [-0.2, 0) is 16.0 Å². The molecule has 2 aliphatic heterocycles. The van der Waals surface area contributed by atoms with Crippen LogP contribution in [0.3, 0.4) is 0 Å². The number of thioether (sulfide) groups is 1. The Hall–Kier alpha value is -1.05. The highest BCUT2D eigenvalue weighted by Crippen LogP contribution is 2.16. The lowest BCUT2D eigenvalue weighted by atomic mass is 10.0. The largest absolute Gasteiger partial charge is 0.352 e. The molecule has 7 heteroatoms. The van der Waals surface area contributed by atoms with E-state index in [4.69, 9.17) is 0 Å². The van der Waals surface area contributed by atoms with Gasteiger partial charge in [-0.1, -0.05) is 6.07 Å². The van der Waals surface area contributed by atoms with Crippen molar-refractivity contribution in [2.75, 3.05) is 24.7 Å². The van der Waals surface area contributed by atoms with E-state index in [9.17, 15) is 9.59 Å². The highest BCUT2D eigenvalue weighted by atomic mass is 32.2. The summed E-state index contributed by atoms with van der Waals surface area (Å²) in [5, 5.41) is 8.30. The van der Waals surface area contributed by atoms with Crippen LogP contribution in [0.5, 0.6) is 0 Å². The number of rotatable bonds is 4. The number of nitrogens with zero attached hydrogens (tertiary/aromatic N) is 1. The summed E-state index contributed by atoms with van der Waals surface area (Å²) in [6, 6.07) is 4.13. The average molecular weight is 339 g/mol. The third kappa shape index (κ3) is 4.02. The maximum Gasteiger partial charge on any atom is 0.238 e. The van der Waals surface area contributed by atoms with Crippen LogP contribution in [0.15, 0.2) is 17.5 Å². The van der Waals surface area contributed by atoms with Gasteiger partial charge < -0.3 is 10.2 Å². The summed E-state index contributed by atoms with van der Waals surface area (Å²) in [4.78, 5) is 27.3. The van der Waals surface area contributed by atoms with Crippen LogP contribution in [0.4, 0.5) is 0 Å². The molecule has 3 heterocycles. The van der Waals surface area contributed by atoms with Gasteiger partial charge in [-0.3, -0.25) is 14.9 Å². The van der Waals surface area contributed by atoms with Gasteiger partial charge in [0.2, 0.25) is 11.8 Å². The molecule has 2 saturated heterocycles. The fourth-order valence-corrected chi connectivity index (χ4v) is 4.45. The molecule has 0 saturated carbocycles. The number of piperidine rings is 1. The molecule has 0 bridgehead atoms. The zero-order valence-corrected chi connectivity index (χ0v) is 14.0. The van der Waals surface area contributed by atoms with Crippen molar-refractivity contribution in [2.45, 2.75) is 31.3 Å². The Morgan fingerprint density at radius 2 is 2.18 bits per heavy atom. The van der Waals surface area contributed by atoms with Gasteiger partial charge in [0.15, 0.2) is 0 Å². The molecule has 1 aromatic heterocycles. The topological polar surface area (TPSA) is 61.4 Å². The van der Waals surface area contributed by atoms with Crippen molar-refractivity contribution in [3.05, 3.63) is 22.4 Å². The van der Waals surface area contributed by atoms with Gasteiger partial charge in [0.05, 0.1) is 12.5 Å². The Labute approximate surface area is 138 Å². The first-order valence-electron chi connectivity index (χ1n) is 7.64. The zero-order chi connectivity index (χ0) is 15.4. The number of hydrogen-bond acceptors (Lipinski definition) is 5. The summed E-state index contributed by atoms with van der Waals surface area (Å²) in [7, 11) is 0. The minimum absolute atomic E-state index is 0.0523. The van der Waals surface area contributed by atoms with Gasteiger partial charge in [-0.25, -0.2) is 0 Å². The summed E-state index contributed by atoms with van der Waals surface area (Å²) in [6.45, 7) is 1.48. The highest BCUT2D eigenvalue weighted by Gasteiger charge is 2.27. The molecule has 22 heavy (non-hydrogen) atoms. The Morgan fingerprint density at radius 1 is 1.36 bits per heavy atom. The average Bonchev–Trinajstić information content (AvgIpc) is 3.21. The molecule has 3 rings (SSSR count). The minimum Gasteiger partial charge on any atom is -0.352 e. The SMILES string of the molecule is O=C(NC1CCN(C(=O)Cc2cccs2)CC1)C1CSCN1. The van der Waals surface area contributed by atoms with Gasteiger partial charge >= 0.3 is 0 Å². The Balaban J connectivity index is 1.42. The second-order valence-electron chi connectivity index (χ2n) is 5.69. The summed E-state index contributed by atoms with van der Waals surface area (Å²) in [5.74, 6) is 2.01. The number of nitrogens with one attached hydrogen (secondary N) is 2. The van der Waals surface area contributed by atoms with Crippen molar-refractivity contribution < 1.29 is 9.59 Å². The molecule has 2 N–H and O–H groups in total. The van der Waals surface area contributed by atoms with Crippen molar-refractivity contribution in [1.82, 2.24) is 15.5 Å². The Morgan fingerprint density at radius 3 is 2.82 bits per heavy atom. The van der Waals surface area contributed by atoms with Gasteiger partial charge in [0.1, 0.15) is 0 Å². The first-order chi connectivity index (χ1) is 10.7. The maximum absolute atomic E-state index is 12.2. The molecule has 0 radical (unpaired) electrons. The molecule has 2 fully saturated rings. The van der Waals surface area contributed by atoms with E-state index in [0.29, 0.717) is 6.42 Å². The summed E-state index contributed by atoms with van der Waals surface area (Å²) < 4.78 is 0. The smallest absolute Gasteiger partial charge is 0.238 e. The van der Waals surface area contributed by atoms with E-state index in [1.54, 1.807) is 23.1 Å². The second kappa shape index (κ2) is 7.48. The van der Waals surface area contributed by atoms with Gasteiger partial charge in [0.25, 0.3) is 0 Å². The lowest BCUT2D eigenvalue weighted by molar-refractivity contribution is -0.131. The molecular formula is C15H21N3O2S2. The molecule has 2 aliphatic rings. The van der Waals surface area contributed by atoms with Crippen molar-refractivity contribution in [1.29, 1.82) is 0 Å². The second-order valence-corrected chi connectivity index (χ2v) is 7.75. The van der Waals surface area contributed by atoms with E-state index in [1.807, 2.05) is 22.4 Å². The van der Waals surface area contributed by atoms with E-state index in [-0.39, 0.29) is 23.9 Å². The molecule has 1 atom stereocenters. The predicted octanol–water partition coefficient (Wildman–Crippen LogP) is 1.06. The number of carbonyl (C=O) groups excluding carboxylic acids is 2. The Bertz CT molecular complexity index is 507. The molecule has 0 spiro atoms. The van der Waals surface area contributed by atoms with Crippen LogP contribution in [0, 0.1) is 0 Å². The first kappa shape index (κ1) is 15.8. The minimum atomic E-state index is -0.0523. The fourth-order valence-electron chi connectivity index (χ4n) is 2.81. The normalized spacial score (nSPS) is 22.7. The molecule has 0 aliphatic carbocycles. The van der Waals surface area contributed by atoms with Gasteiger partial charge in [-0.2, -0.15) is 0 Å². The first-order valence-corrected chi connectivity index (χ1v) is 9.67. The van der Waals surface area contributed by atoms with Crippen molar-refractivity contribution >= 4 is 34.9 Å². The standard InChI is InChI=1S/C15H21N3O2S2/c19-14(8-12-2-1-7-22-12)18-5-3-11(4-6-18)17-15(20)13-9-21-10-16-13/h1-2,7,11,13,16H,3-6,8-10H2,(H,17,20). The molecule has 1 unspecified atom stereocenters. The summed E-state index contributed by atoms with van der Waals surface area (Å²) in [6.07, 6.45) is 2.20. The molecule has 1 aromatic rings. The lowest BCUT2D eigenvalue weighted by Crippen LogP contribution is -2.51. The predicted molar refractivity (Wildman–Crippen MR) is 90.0 cm³/mol. The van der Waals surface area contributed by atoms with Gasteiger partial charge in [0, 0.05) is 35.6 Å². The summed E-state index contributed by atoms with van der Waals surface area (Å²) in [5.41, 5.74) is 0. The number of amides is 2. The molecule has 5 nitrogen and oxygen atoms in total. The van der Waals surface area contributed by atoms with Crippen LogP contribution < -0.4 is 10.6 Å². The third-order valence-electron chi connectivity index (χ3n) is 4.13. The third-order valence-corrected chi connectivity index (χ3v) is 5.95. The Kier molecular flexibility index (Phi) is 5.38. The van der Waals surface area contributed by atoms with Gasteiger partial charge in [-0.15, -0.1) is 23.1 Å². The number of carbonyl (C=O) groups is 2. The zero-order valence-electron chi connectivity index (χ0n) is 12.4. The van der Waals surface area contributed by atoms with Crippen molar-refractivity contribution in [2.24, 2.45) is 0 Å². The van der Waals surface area contributed by atoms with E-state index >= 15 is 0 Å². The summed E-state index contributed by atoms with van der Waals surface area (Å²) >= 11 is 3.38. The monoisotopic (exact) mass is 339 g/mol. The van der Waals surface area contributed by atoms with Crippen LogP contribution in [0.2, 0.25) is 0 Å². The highest BCUT2D eigenvalue weighted by molar-refractivity contribution is 7.99. The van der Waals surface area contributed by atoms with Crippen molar-refractivity contribution in [3.8, 4) is 0 Å². The van der Waals surface area contributed by atoms with E-state index in [0.717, 1.165) is 42.4 Å². The number of hydrogen-bond donors (Lipinski definition) is 2. The number of likely N-dealkylation sites (tertiary alicyclic amines) is 1.